The molecule has 14 nitrogen and oxygen atoms in total. The molecule has 1 fully saturated rings. The van der Waals surface area contributed by atoms with E-state index in [9.17, 15) is 24.3 Å². The largest absolute Gasteiger partial charge is 1.00 e. The summed E-state index contributed by atoms with van der Waals surface area (Å²) in [6.45, 7) is -0.637. The standard InChI is InChI=1S/C22H17Cl2N7O7S2.Na.H/c23-10-1-2-11-29(3-4-30(11)6-10)5-9-8-39-20-15(19(35)31(20)16(9)21(36)37)26-18(34)14(28-38-7-12(32)33)13-17(24)40-22(25)27-13;;/h1-4,6,15,20H,5,7-8H2,(H4-,25,26,27,32,33,34,36,37);;/q;+1;-1/p+1/b28-14-;;/t15-,20-;;/m1../s1. The normalized spacial score (nSPS) is 18.4. The number of aromatic nitrogens is 3. The van der Waals surface area contributed by atoms with Crippen molar-refractivity contribution >= 4 is 86.5 Å². The van der Waals surface area contributed by atoms with E-state index < -0.39 is 47.5 Å². The average molecular weight is 651 g/mol. The van der Waals surface area contributed by atoms with Crippen molar-refractivity contribution in [1.29, 1.82) is 0 Å². The van der Waals surface area contributed by atoms with E-state index in [2.05, 4.69) is 15.5 Å². The van der Waals surface area contributed by atoms with E-state index in [1.807, 2.05) is 4.57 Å². The summed E-state index contributed by atoms with van der Waals surface area (Å²) < 4.78 is 3.63. The maximum atomic E-state index is 13.1. The molecule has 1 saturated heterocycles. The molecule has 0 aliphatic carbocycles. The predicted octanol–water partition coefficient (Wildman–Crippen LogP) is -2.07. The molecule has 5 heterocycles. The van der Waals surface area contributed by atoms with Gasteiger partial charge in [0.15, 0.2) is 10.8 Å². The van der Waals surface area contributed by atoms with Crippen LogP contribution in [0.3, 0.4) is 0 Å². The molecular weight excluding hydrogens is 632 g/mol. The van der Waals surface area contributed by atoms with E-state index in [0.29, 0.717) is 10.6 Å². The Morgan fingerprint density at radius 3 is 2.73 bits per heavy atom. The Kier molecular flexibility index (Phi) is 9.52. The molecular formula is C22H19Cl2N7NaO7S2+. The Labute approximate surface area is 272 Å². The number of thiazole rings is 1. The van der Waals surface area contributed by atoms with Crippen LogP contribution in [-0.4, -0.2) is 77.7 Å². The summed E-state index contributed by atoms with van der Waals surface area (Å²) in [5.41, 5.74) is 6.13. The van der Waals surface area contributed by atoms with E-state index in [0.717, 1.165) is 21.9 Å². The first kappa shape index (κ1) is 31.1. The number of nitrogens with zero attached hydrogens (tertiary/aromatic N) is 5. The molecule has 0 radical (unpaired) electrons. The van der Waals surface area contributed by atoms with Gasteiger partial charge in [-0.25, -0.2) is 23.5 Å². The number of fused-ring (bicyclic) bond motifs is 2. The minimum atomic E-state index is -1.34. The van der Waals surface area contributed by atoms with Gasteiger partial charge >= 0.3 is 41.5 Å². The van der Waals surface area contributed by atoms with Gasteiger partial charge in [-0.05, 0) is 6.07 Å². The summed E-state index contributed by atoms with van der Waals surface area (Å²) in [4.78, 5) is 59.1. The second-order valence-corrected chi connectivity index (χ2v) is 11.6. The maximum absolute atomic E-state index is 13.1. The molecule has 2 amide bonds. The number of carboxylic acid groups (broad SMARTS) is 2. The number of thioether (sulfide) groups is 1. The third kappa shape index (κ3) is 6.18. The van der Waals surface area contributed by atoms with Crippen molar-refractivity contribution in [3.05, 3.63) is 57.0 Å². The van der Waals surface area contributed by atoms with E-state index in [1.54, 1.807) is 35.1 Å². The quantitative estimate of drug-likeness (QED) is 0.0657. The molecule has 210 valence electrons. The molecule has 41 heavy (non-hydrogen) atoms. The topological polar surface area (TPSA) is 193 Å². The first-order valence-corrected chi connectivity index (χ1v) is 13.9. The van der Waals surface area contributed by atoms with Crippen molar-refractivity contribution in [3.63, 3.8) is 0 Å². The van der Waals surface area contributed by atoms with Crippen molar-refractivity contribution in [2.24, 2.45) is 5.16 Å². The number of carbonyl (C=O) groups excluding carboxylic acids is 2. The van der Waals surface area contributed by atoms with Crippen LogP contribution in [0.1, 0.15) is 7.12 Å². The molecule has 0 unspecified atom stereocenters. The molecule has 0 bridgehead atoms. The zero-order valence-corrected chi connectivity index (χ0v) is 26.1. The molecule has 0 saturated carbocycles. The van der Waals surface area contributed by atoms with Crippen molar-refractivity contribution in [2.75, 3.05) is 18.1 Å². The summed E-state index contributed by atoms with van der Waals surface area (Å²) in [6.07, 6.45) is 5.28. The molecule has 5 rings (SSSR count). The van der Waals surface area contributed by atoms with Gasteiger partial charge in [0.1, 0.15) is 52.3 Å². The van der Waals surface area contributed by atoms with Gasteiger partial charge in [0.05, 0.1) is 5.02 Å². The third-order valence-electron chi connectivity index (χ3n) is 5.90. The summed E-state index contributed by atoms with van der Waals surface area (Å²) in [7, 11) is 0. The number of amides is 2. The number of hydrogen-bond donors (Lipinski definition) is 4. The van der Waals surface area contributed by atoms with Gasteiger partial charge in [0.25, 0.3) is 17.5 Å². The van der Waals surface area contributed by atoms with Crippen LogP contribution in [0.25, 0.3) is 5.65 Å². The van der Waals surface area contributed by atoms with E-state index in [-0.39, 0.29) is 64.1 Å². The van der Waals surface area contributed by atoms with E-state index in [4.69, 9.17) is 38.9 Å². The first-order chi connectivity index (χ1) is 19.0. The van der Waals surface area contributed by atoms with Gasteiger partial charge in [-0.15, -0.1) is 11.8 Å². The maximum Gasteiger partial charge on any atom is 1.00 e. The SMILES string of the molecule is Nc1nc(/C(=N/OCC(=O)O)C(=O)N[C@@H]2C(=O)N3C(C(=O)O)=C(C[n+]4ccn5cc(Cl)ccc54)CS[C@H]23)c(Cl)s1.[H-].[Na+]. The van der Waals surface area contributed by atoms with Gasteiger partial charge in [-0.2, -0.15) is 0 Å². The smallest absolute Gasteiger partial charge is 1.00 e. The summed E-state index contributed by atoms with van der Waals surface area (Å²) in [6, 6.07) is 2.41. The molecule has 0 aromatic carbocycles. The minimum absolute atomic E-state index is 0. The molecule has 3 aromatic rings. The number of nitrogen functional groups attached to an aromatic ring is 1. The molecule has 2 aliphatic rings. The number of aliphatic carboxylic acids is 2. The van der Waals surface area contributed by atoms with Crippen LogP contribution in [0.5, 0.6) is 0 Å². The molecule has 2 atom stereocenters. The van der Waals surface area contributed by atoms with Gasteiger partial charge < -0.3 is 27.5 Å². The molecule has 3 aromatic heterocycles. The minimum Gasteiger partial charge on any atom is -1.00 e. The number of β-lactam (4-membered cyclic amide) rings is 1. The number of carbonyl (C=O) groups is 4. The number of oxime groups is 1. The van der Waals surface area contributed by atoms with Gasteiger partial charge in [-0.1, -0.05) is 39.7 Å². The first-order valence-electron chi connectivity index (χ1n) is 11.3. The van der Waals surface area contributed by atoms with Gasteiger partial charge in [-0.3, -0.25) is 14.5 Å². The summed E-state index contributed by atoms with van der Waals surface area (Å²) in [5.74, 6) is -3.92. The molecule has 0 spiro atoms. The fourth-order valence-corrected chi connectivity index (χ4v) is 6.67. The monoisotopic (exact) mass is 650 g/mol. The van der Waals surface area contributed by atoms with Crippen LogP contribution >= 0.6 is 46.3 Å². The Morgan fingerprint density at radius 1 is 1.32 bits per heavy atom. The summed E-state index contributed by atoms with van der Waals surface area (Å²) >= 11 is 14.3. The van der Waals surface area contributed by atoms with Crippen LogP contribution in [0.4, 0.5) is 5.13 Å². The predicted molar refractivity (Wildman–Crippen MR) is 145 cm³/mol. The number of imidazole rings is 1. The van der Waals surface area contributed by atoms with Crippen molar-refractivity contribution in [1.82, 2.24) is 19.6 Å². The van der Waals surface area contributed by atoms with E-state index in [1.165, 1.54) is 11.8 Å². The zero-order chi connectivity index (χ0) is 28.7. The fourth-order valence-electron chi connectivity index (χ4n) is 4.24. The Hall–Kier alpha value is -2.86. The number of hydrogen-bond acceptors (Lipinski definition) is 10. The molecule has 19 heteroatoms. The number of halogens is 2. The van der Waals surface area contributed by atoms with Crippen LogP contribution < -0.4 is 45.2 Å². The van der Waals surface area contributed by atoms with Crippen LogP contribution in [0.2, 0.25) is 9.36 Å². The zero-order valence-electron chi connectivity index (χ0n) is 22.0. The second kappa shape index (κ2) is 12.6. The Bertz CT molecular complexity index is 1650. The second-order valence-electron chi connectivity index (χ2n) is 8.44. The molecule has 5 N–H and O–H groups in total. The number of rotatable bonds is 9. The van der Waals surface area contributed by atoms with Crippen LogP contribution in [0.15, 0.2) is 47.1 Å². The number of anilines is 1. The van der Waals surface area contributed by atoms with Gasteiger partial charge in [0, 0.05) is 17.4 Å². The Balaban J connectivity index is 0.00000242. The number of carboxylic acids is 2. The molecule has 2 aliphatic heterocycles. The number of nitrogens with two attached hydrogens (primary N) is 1. The van der Waals surface area contributed by atoms with Gasteiger partial charge in [0.2, 0.25) is 6.61 Å². The van der Waals surface area contributed by atoms with Crippen molar-refractivity contribution in [3.8, 4) is 0 Å². The van der Waals surface area contributed by atoms with Crippen molar-refractivity contribution < 1.29 is 69.8 Å². The number of nitrogens with one attached hydrogen (secondary N) is 1. The Morgan fingerprint density at radius 2 is 2.07 bits per heavy atom. The average Bonchev–Trinajstić information content (AvgIpc) is 3.45. The van der Waals surface area contributed by atoms with E-state index >= 15 is 0 Å². The van der Waals surface area contributed by atoms with Crippen LogP contribution in [-0.2, 0) is 30.6 Å². The third-order valence-corrected chi connectivity index (χ3v) is 8.55. The fraction of sp³-hybridized carbons (Fsp3) is 0.227. The summed E-state index contributed by atoms with van der Waals surface area (Å²) in [5, 5.41) is 24.7. The van der Waals surface area contributed by atoms with Crippen molar-refractivity contribution in [2.45, 2.75) is 18.0 Å². The van der Waals surface area contributed by atoms with Crippen LogP contribution in [0, 0.1) is 0 Å². The number of pyridine rings is 1.